The number of amides is 1. The number of methoxy groups -OCH3 is 1. The van der Waals surface area contributed by atoms with Crippen molar-refractivity contribution >= 4 is 12.1 Å². The number of hydrogen-bond donors (Lipinski definition) is 1. The highest BCUT2D eigenvalue weighted by Crippen LogP contribution is 2.15. The van der Waals surface area contributed by atoms with Gasteiger partial charge in [-0.1, -0.05) is 0 Å². The van der Waals surface area contributed by atoms with E-state index in [0.29, 0.717) is 17.0 Å². The zero-order valence-corrected chi connectivity index (χ0v) is 12.2. The quantitative estimate of drug-likeness (QED) is 0.836. The number of hydrogen-bond acceptors (Lipinski definition) is 4. The van der Waals surface area contributed by atoms with E-state index >= 15 is 0 Å². The van der Waals surface area contributed by atoms with Gasteiger partial charge < -0.3 is 9.47 Å². The van der Waals surface area contributed by atoms with Gasteiger partial charge in [-0.3, -0.25) is 4.68 Å². The summed E-state index contributed by atoms with van der Waals surface area (Å²) in [6, 6.07) is 1.65. The second-order valence-electron chi connectivity index (χ2n) is 5.23. The molecule has 0 aliphatic heterocycles. The lowest BCUT2D eigenvalue weighted by Crippen LogP contribution is -2.32. The molecule has 6 nitrogen and oxygen atoms in total. The molecule has 0 saturated heterocycles. The summed E-state index contributed by atoms with van der Waals surface area (Å²) in [5, 5.41) is 0. The first-order valence-electron chi connectivity index (χ1n) is 5.93. The Kier molecular flexibility index (Phi) is 4.24. The molecule has 0 saturated carbocycles. The molecule has 1 aromatic heterocycles. The van der Waals surface area contributed by atoms with Crippen LogP contribution in [0.25, 0.3) is 0 Å². The van der Waals surface area contributed by atoms with Gasteiger partial charge in [0.1, 0.15) is 5.60 Å². The molecule has 0 spiro atoms. The molecule has 1 aromatic rings. The molecule has 0 aliphatic rings. The molecular weight excluding hydrogens is 248 g/mol. The summed E-state index contributed by atoms with van der Waals surface area (Å²) in [4.78, 5) is 23.2. The molecule has 1 N–H and O–H groups in total. The molecule has 0 aromatic carbocycles. The van der Waals surface area contributed by atoms with Gasteiger partial charge in [0, 0.05) is 5.69 Å². The van der Waals surface area contributed by atoms with Gasteiger partial charge in [-0.2, -0.15) is 0 Å². The van der Waals surface area contributed by atoms with Gasteiger partial charge >= 0.3 is 12.1 Å². The number of carbonyl (C=O) groups is 2. The average molecular weight is 268 g/mol. The number of ether oxygens (including phenoxy) is 2. The number of aromatic nitrogens is 1. The van der Waals surface area contributed by atoms with Crippen LogP contribution in [0.3, 0.4) is 0 Å². The van der Waals surface area contributed by atoms with E-state index in [1.165, 1.54) is 11.8 Å². The van der Waals surface area contributed by atoms with Gasteiger partial charge in [0.25, 0.3) is 0 Å². The Morgan fingerprint density at radius 3 is 2.32 bits per heavy atom. The third kappa shape index (κ3) is 3.74. The Bertz CT molecular complexity index is 497. The predicted octanol–water partition coefficient (Wildman–Crippen LogP) is 2.37. The van der Waals surface area contributed by atoms with Crippen molar-refractivity contribution in [1.29, 1.82) is 0 Å². The fraction of sp³-hybridized carbons (Fsp3) is 0.538. The monoisotopic (exact) mass is 268 g/mol. The van der Waals surface area contributed by atoms with Gasteiger partial charge in [-0.05, 0) is 40.7 Å². The fourth-order valence-corrected chi connectivity index (χ4v) is 1.64. The zero-order valence-electron chi connectivity index (χ0n) is 12.2. The Morgan fingerprint density at radius 2 is 1.84 bits per heavy atom. The number of rotatable bonds is 2. The normalized spacial score (nSPS) is 11.1. The second kappa shape index (κ2) is 5.34. The molecule has 0 unspecified atom stereocenters. The van der Waals surface area contributed by atoms with Crippen LogP contribution in [0.4, 0.5) is 4.79 Å². The lowest BCUT2D eigenvalue weighted by atomic mass is 10.2. The minimum atomic E-state index is -0.579. The molecule has 0 bridgehead atoms. The van der Waals surface area contributed by atoms with E-state index < -0.39 is 17.7 Å². The van der Waals surface area contributed by atoms with Crippen LogP contribution < -0.4 is 5.43 Å². The molecule has 0 fully saturated rings. The van der Waals surface area contributed by atoms with Gasteiger partial charge in [0.15, 0.2) is 0 Å². The summed E-state index contributed by atoms with van der Waals surface area (Å²) in [5.74, 6) is -0.440. The smallest absolute Gasteiger partial charge is 0.426 e. The van der Waals surface area contributed by atoms with E-state index in [1.54, 1.807) is 40.7 Å². The first-order chi connectivity index (χ1) is 8.65. The maximum Gasteiger partial charge on any atom is 0.426 e. The third-order valence-electron chi connectivity index (χ3n) is 2.44. The summed E-state index contributed by atoms with van der Waals surface area (Å²) in [6.07, 6.45) is -0.578. The molecule has 1 rings (SSSR count). The van der Waals surface area contributed by atoms with Crippen molar-refractivity contribution in [2.45, 2.75) is 40.2 Å². The van der Waals surface area contributed by atoms with Gasteiger partial charge in [-0.25, -0.2) is 15.0 Å². The van der Waals surface area contributed by atoms with E-state index in [9.17, 15) is 9.59 Å². The molecular formula is C13H20N2O4. The van der Waals surface area contributed by atoms with Crippen molar-refractivity contribution in [3.63, 3.8) is 0 Å². The summed E-state index contributed by atoms with van der Waals surface area (Å²) in [6.45, 7) is 8.83. The van der Waals surface area contributed by atoms with Crippen molar-refractivity contribution in [1.82, 2.24) is 4.68 Å². The predicted molar refractivity (Wildman–Crippen MR) is 70.8 cm³/mol. The van der Waals surface area contributed by atoms with Crippen molar-refractivity contribution in [3.8, 4) is 0 Å². The van der Waals surface area contributed by atoms with Gasteiger partial charge in [0.05, 0.1) is 18.4 Å². The van der Waals surface area contributed by atoms with E-state index in [2.05, 4.69) is 10.2 Å². The van der Waals surface area contributed by atoms with Crippen LogP contribution in [0, 0.1) is 13.8 Å². The molecule has 0 aliphatic carbocycles. The van der Waals surface area contributed by atoms with Crippen LogP contribution in [0.15, 0.2) is 6.07 Å². The van der Waals surface area contributed by atoms with Crippen molar-refractivity contribution in [3.05, 3.63) is 23.0 Å². The number of nitrogens with zero attached hydrogens (tertiary/aromatic N) is 1. The highest BCUT2D eigenvalue weighted by atomic mass is 16.6. The minimum absolute atomic E-state index is 0.413. The largest absolute Gasteiger partial charge is 0.465 e. The third-order valence-corrected chi connectivity index (χ3v) is 2.44. The van der Waals surface area contributed by atoms with Crippen LogP contribution >= 0.6 is 0 Å². The van der Waals surface area contributed by atoms with Crippen LogP contribution in [0.5, 0.6) is 0 Å². The Morgan fingerprint density at radius 1 is 1.26 bits per heavy atom. The molecule has 106 valence electrons. The lowest BCUT2D eigenvalue weighted by molar-refractivity contribution is 0.0589. The summed E-state index contributed by atoms with van der Waals surface area (Å²) in [5.41, 5.74) is 3.72. The Hall–Kier alpha value is -1.98. The summed E-state index contributed by atoms with van der Waals surface area (Å²) < 4.78 is 11.3. The molecule has 6 heteroatoms. The highest BCUT2D eigenvalue weighted by Gasteiger charge is 2.20. The standard InChI is InChI=1S/C13H20N2O4/c1-8-7-10(11(16)18-6)9(2)15(8)14-12(17)19-13(3,4)5/h7H,1-6H3,(H,14,17). The molecule has 0 atom stereocenters. The topological polar surface area (TPSA) is 69.6 Å². The Labute approximate surface area is 112 Å². The van der Waals surface area contributed by atoms with Gasteiger partial charge in [-0.15, -0.1) is 0 Å². The lowest BCUT2D eigenvalue weighted by Gasteiger charge is -2.21. The number of esters is 1. The molecule has 19 heavy (non-hydrogen) atoms. The molecule has 1 heterocycles. The highest BCUT2D eigenvalue weighted by molar-refractivity contribution is 5.91. The van der Waals surface area contributed by atoms with E-state index in [-0.39, 0.29) is 0 Å². The van der Waals surface area contributed by atoms with E-state index in [1.807, 2.05) is 0 Å². The molecule has 1 amide bonds. The fourth-order valence-electron chi connectivity index (χ4n) is 1.64. The number of nitrogens with one attached hydrogen (secondary N) is 1. The van der Waals surface area contributed by atoms with E-state index in [4.69, 9.17) is 4.74 Å². The maximum absolute atomic E-state index is 11.7. The van der Waals surface area contributed by atoms with Crippen molar-refractivity contribution in [2.75, 3.05) is 12.5 Å². The number of carbonyl (C=O) groups excluding carboxylic acids is 2. The summed E-state index contributed by atoms with van der Waals surface area (Å²) in [7, 11) is 1.32. The van der Waals surface area contributed by atoms with Crippen molar-refractivity contribution in [2.24, 2.45) is 0 Å². The Balaban J connectivity index is 2.94. The maximum atomic E-state index is 11.7. The zero-order chi connectivity index (χ0) is 14.8. The first kappa shape index (κ1) is 15.1. The van der Waals surface area contributed by atoms with Crippen LogP contribution in [0.2, 0.25) is 0 Å². The molecule has 0 radical (unpaired) electrons. The van der Waals surface area contributed by atoms with Crippen LogP contribution in [-0.4, -0.2) is 29.4 Å². The summed E-state index contributed by atoms with van der Waals surface area (Å²) >= 11 is 0. The number of aryl methyl sites for hydroxylation is 1. The van der Waals surface area contributed by atoms with Gasteiger partial charge in [0.2, 0.25) is 0 Å². The van der Waals surface area contributed by atoms with Crippen molar-refractivity contribution < 1.29 is 19.1 Å². The van der Waals surface area contributed by atoms with E-state index in [0.717, 1.165) is 0 Å². The SMILES string of the molecule is COC(=O)c1cc(C)n(NC(=O)OC(C)(C)C)c1C. The average Bonchev–Trinajstić information content (AvgIpc) is 2.53. The first-order valence-corrected chi connectivity index (χ1v) is 5.93. The van der Waals surface area contributed by atoms with Crippen LogP contribution in [0.1, 0.15) is 42.5 Å². The minimum Gasteiger partial charge on any atom is -0.465 e. The van der Waals surface area contributed by atoms with Crippen LogP contribution in [-0.2, 0) is 9.47 Å². The second-order valence-corrected chi connectivity index (χ2v) is 5.23.